The first-order valence-corrected chi connectivity index (χ1v) is 8.89. The standard InChI is InChI=1S/C16H21N3O2S/c1-12-4-5-15(13(2)10-12)14-7-9-19(11-14)22(20,21)16-6-8-17-18(16)3/h4-6,8,10,14H,7,9,11H2,1-3H3/t14-/m0/s1. The van der Waals surface area contributed by atoms with E-state index >= 15 is 0 Å². The van der Waals surface area contributed by atoms with Crippen LogP contribution in [-0.4, -0.2) is 35.6 Å². The normalized spacial score (nSPS) is 19.7. The Morgan fingerprint density at radius 1 is 1.23 bits per heavy atom. The van der Waals surface area contributed by atoms with Crippen molar-refractivity contribution >= 4 is 10.0 Å². The van der Waals surface area contributed by atoms with Crippen molar-refractivity contribution in [3.05, 3.63) is 47.2 Å². The van der Waals surface area contributed by atoms with E-state index in [9.17, 15) is 8.42 Å². The molecule has 2 aromatic rings. The predicted octanol–water partition coefficient (Wildman–Crippen LogP) is 2.22. The average molecular weight is 319 g/mol. The van der Waals surface area contributed by atoms with E-state index in [1.165, 1.54) is 27.6 Å². The molecule has 1 atom stereocenters. The molecule has 1 aliphatic heterocycles. The summed E-state index contributed by atoms with van der Waals surface area (Å²) in [6.45, 7) is 5.27. The van der Waals surface area contributed by atoms with Crippen LogP contribution in [0.2, 0.25) is 0 Å². The van der Waals surface area contributed by atoms with Crippen molar-refractivity contribution in [3.8, 4) is 0 Å². The molecule has 1 aliphatic rings. The number of aryl methyl sites for hydroxylation is 3. The van der Waals surface area contributed by atoms with Gasteiger partial charge in [0.05, 0.1) is 6.20 Å². The molecule has 1 aromatic heterocycles. The van der Waals surface area contributed by atoms with Gasteiger partial charge in [0.15, 0.2) is 5.03 Å². The maximum atomic E-state index is 12.7. The fraction of sp³-hybridized carbons (Fsp3) is 0.438. The SMILES string of the molecule is Cc1ccc([C@H]2CCN(S(=O)(=O)c3ccnn3C)C2)c(C)c1. The van der Waals surface area contributed by atoms with E-state index in [0.717, 1.165) is 6.42 Å². The highest BCUT2D eigenvalue weighted by atomic mass is 32.2. The summed E-state index contributed by atoms with van der Waals surface area (Å²) < 4.78 is 28.4. The van der Waals surface area contributed by atoms with Crippen molar-refractivity contribution in [2.24, 2.45) is 7.05 Å². The van der Waals surface area contributed by atoms with Gasteiger partial charge in [0, 0.05) is 20.1 Å². The van der Waals surface area contributed by atoms with Crippen LogP contribution in [0.5, 0.6) is 0 Å². The molecule has 3 rings (SSSR count). The Morgan fingerprint density at radius 3 is 2.64 bits per heavy atom. The highest BCUT2D eigenvalue weighted by Gasteiger charge is 2.35. The molecular weight excluding hydrogens is 298 g/mol. The molecule has 0 amide bonds. The molecule has 0 radical (unpaired) electrons. The smallest absolute Gasteiger partial charge is 0.256 e. The first kappa shape index (κ1) is 15.2. The van der Waals surface area contributed by atoms with E-state index in [-0.39, 0.29) is 10.9 Å². The van der Waals surface area contributed by atoms with Crippen LogP contribution in [0, 0.1) is 13.8 Å². The monoisotopic (exact) mass is 319 g/mol. The molecule has 118 valence electrons. The van der Waals surface area contributed by atoms with E-state index in [0.29, 0.717) is 13.1 Å². The van der Waals surface area contributed by atoms with Gasteiger partial charge in [-0.1, -0.05) is 23.8 Å². The van der Waals surface area contributed by atoms with Crippen molar-refractivity contribution < 1.29 is 8.42 Å². The highest BCUT2D eigenvalue weighted by molar-refractivity contribution is 7.89. The summed E-state index contributed by atoms with van der Waals surface area (Å²) in [5, 5.41) is 4.22. The van der Waals surface area contributed by atoms with Gasteiger partial charge in [-0.2, -0.15) is 9.40 Å². The van der Waals surface area contributed by atoms with E-state index in [1.54, 1.807) is 17.4 Å². The molecule has 6 heteroatoms. The zero-order chi connectivity index (χ0) is 15.9. The molecule has 22 heavy (non-hydrogen) atoms. The maximum absolute atomic E-state index is 12.7. The van der Waals surface area contributed by atoms with Crippen molar-refractivity contribution in [1.29, 1.82) is 0 Å². The van der Waals surface area contributed by atoms with E-state index in [1.807, 2.05) is 0 Å². The minimum atomic E-state index is -3.45. The second kappa shape index (κ2) is 5.52. The molecule has 2 heterocycles. The van der Waals surface area contributed by atoms with Gasteiger partial charge in [-0.15, -0.1) is 0 Å². The van der Waals surface area contributed by atoms with Crippen LogP contribution in [0.1, 0.15) is 29.0 Å². The van der Waals surface area contributed by atoms with Crippen molar-refractivity contribution in [2.45, 2.75) is 31.2 Å². The largest absolute Gasteiger partial charge is 0.260 e. The molecule has 0 unspecified atom stereocenters. The molecular formula is C16H21N3O2S. The summed E-state index contributed by atoms with van der Waals surface area (Å²) in [6.07, 6.45) is 2.38. The summed E-state index contributed by atoms with van der Waals surface area (Å²) >= 11 is 0. The molecule has 5 nitrogen and oxygen atoms in total. The van der Waals surface area contributed by atoms with E-state index in [2.05, 4.69) is 37.1 Å². The molecule has 0 bridgehead atoms. The third-order valence-electron chi connectivity index (χ3n) is 4.40. The van der Waals surface area contributed by atoms with Gasteiger partial charge in [-0.05, 0) is 43.4 Å². The predicted molar refractivity (Wildman–Crippen MR) is 85.2 cm³/mol. The lowest BCUT2D eigenvalue weighted by molar-refractivity contribution is 0.463. The number of hydrogen-bond donors (Lipinski definition) is 0. The third-order valence-corrected chi connectivity index (χ3v) is 6.34. The van der Waals surface area contributed by atoms with Gasteiger partial charge < -0.3 is 0 Å². The number of rotatable bonds is 3. The lowest BCUT2D eigenvalue weighted by Crippen LogP contribution is -2.30. The Bertz CT molecular complexity index is 795. The van der Waals surface area contributed by atoms with Crippen LogP contribution in [0.3, 0.4) is 0 Å². The summed E-state index contributed by atoms with van der Waals surface area (Å²) in [4.78, 5) is 0. The van der Waals surface area contributed by atoms with Crippen LogP contribution in [0.4, 0.5) is 0 Å². The zero-order valence-electron chi connectivity index (χ0n) is 13.2. The molecule has 0 aliphatic carbocycles. The fourth-order valence-electron chi connectivity index (χ4n) is 3.23. The Labute approximate surface area is 131 Å². The number of hydrogen-bond acceptors (Lipinski definition) is 3. The van der Waals surface area contributed by atoms with Crippen molar-refractivity contribution in [2.75, 3.05) is 13.1 Å². The van der Waals surface area contributed by atoms with E-state index in [4.69, 9.17) is 0 Å². The second-order valence-corrected chi connectivity index (χ2v) is 7.89. The third kappa shape index (κ3) is 2.57. The molecule has 1 saturated heterocycles. The number of aromatic nitrogens is 2. The number of sulfonamides is 1. The summed E-state index contributed by atoms with van der Waals surface area (Å²) in [5.41, 5.74) is 3.73. The Hall–Kier alpha value is -1.66. The molecule has 1 aromatic carbocycles. The average Bonchev–Trinajstić information content (AvgIpc) is 3.08. The molecule has 0 spiro atoms. The van der Waals surface area contributed by atoms with Gasteiger partial charge in [-0.3, -0.25) is 4.68 Å². The van der Waals surface area contributed by atoms with Gasteiger partial charge in [0.1, 0.15) is 0 Å². The molecule has 0 N–H and O–H groups in total. The Balaban J connectivity index is 1.85. The van der Waals surface area contributed by atoms with Crippen LogP contribution < -0.4 is 0 Å². The highest BCUT2D eigenvalue weighted by Crippen LogP contribution is 2.32. The lowest BCUT2D eigenvalue weighted by Gasteiger charge is -2.17. The van der Waals surface area contributed by atoms with Crippen LogP contribution in [0.15, 0.2) is 35.5 Å². The second-order valence-electron chi connectivity index (χ2n) is 6.00. The number of benzene rings is 1. The van der Waals surface area contributed by atoms with Gasteiger partial charge in [-0.25, -0.2) is 8.42 Å². The minimum absolute atomic E-state index is 0.258. The zero-order valence-corrected chi connectivity index (χ0v) is 14.0. The number of nitrogens with zero attached hydrogens (tertiary/aromatic N) is 3. The first-order chi connectivity index (χ1) is 10.4. The topological polar surface area (TPSA) is 55.2 Å². The van der Waals surface area contributed by atoms with Crippen LogP contribution in [-0.2, 0) is 17.1 Å². The van der Waals surface area contributed by atoms with E-state index < -0.39 is 10.0 Å². The quantitative estimate of drug-likeness (QED) is 0.871. The Morgan fingerprint density at radius 2 is 2.00 bits per heavy atom. The lowest BCUT2D eigenvalue weighted by atomic mass is 9.93. The van der Waals surface area contributed by atoms with Gasteiger partial charge >= 0.3 is 0 Å². The fourth-order valence-corrected chi connectivity index (χ4v) is 4.83. The molecule has 1 fully saturated rings. The van der Waals surface area contributed by atoms with Crippen molar-refractivity contribution in [3.63, 3.8) is 0 Å². The molecule has 0 saturated carbocycles. The van der Waals surface area contributed by atoms with Gasteiger partial charge in [0.25, 0.3) is 10.0 Å². The summed E-state index contributed by atoms with van der Waals surface area (Å²) in [7, 11) is -1.80. The summed E-state index contributed by atoms with van der Waals surface area (Å²) in [5.74, 6) is 0.267. The maximum Gasteiger partial charge on any atom is 0.260 e. The van der Waals surface area contributed by atoms with Crippen LogP contribution >= 0.6 is 0 Å². The first-order valence-electron chi connectivity index (χ1n) is 7.45. The van der Waals surface area contributed by atoms with Gasteiger partial charge in [0.2, 0.25) is 0 Å². The summed E-state index contributed by atoms with van der Waals surface area (Å²) in [6, 6.07) is 7.95. The van der Waals surface area contributed by atoms with Crippen LogP contribution in [0.25, 0.3) is 0 Å². The Kier molecular flexibility index (Phi) is 3.82. The van der Waals surface area contributed by atoms with Crippen molar-refractivity contribution in [1.82, 2.24) is 14.1 Å². The minimum Gasteiger partial charge on any atom is -0.256 e.